The van der Waals surface area contributed by atoms with Crippen molar-refractivity contribution in [1.29, 1.82) is 0 Å². The van der Waals surface area contributed by atoms with E-state index in [1.807, 2.05) is 6.07 Å². The Balaban J connectivity index is 1.69. The van der Waals surface area contributed by atoms with E-state index in [1.165, 1.54) is 25.7 Å². The third-order valence-electron chi connectivity index (χ3n) is 6.40. The van der Waals surface area contributed by atoms with Crippen LogP contribution in [0.25, 0.3) is 22.3 Å². The number of ether oxygens (including phenoxy) is 2. The smallest absolute Gasteiger partial charge is 0.165 e. The summed E-state index contributed by atoms with van der Waals surface area (Å²) in [6.07, 6.45) is 6.80. The van der Waals surface area contributed by atoms with Gasteiger partial charge in [0.2, 0.25) is 0 Å². The van der Waals surface area contributed by atoms with E-state index >= 15 is 0 Å². The van der Waals surface area contributed by atoms with Gasteiger partial charge in [0, 0.05) is 30.0 Å². The van der Waals surface area contributed by atoms with Gasteiger partial charge in [-0.05, 0) is 18.9 Å². The van der Waals surface area contributed by atoms with Crippen molar-refractivity contribution in [3.05, 3.63) is 28.4 Å². The number of pyridine rings is 1. The average Bonchev–Trinajstić information content (AvgIpc) is 3.23. The van der Waals surface area contributed by atoms with Crippen LogP contribution in [0.4, 0.5) is 11.6 Å². The number of nitrogens with zero attached hydrogens (tertiary/aromatic N) is 4. The molecule has 1 aliphatic heterocycles. The Bertz CT molecular complexity index is 1140. The Labute approximate surface area is 190 Å². The van der Waals surface area contributed by atoms with E-state index < -0.39 is 0 Å². The number of hydrogen-bond donors (Lipinski definition) is 1. The first kappa shape index (κ1) is 20.4. The third-order valence-corrected chi connectivity index (χ3v) is 7.15. The van der Waals surface area contributed by atoms with Crippen LogP contribution < -0.4 is 20.1 Å². The second-order valence-corrected chi connectivity index (χ2v) is 9.10. The molecule has 5 rings (SSSR count). The predicted octanol–water partition coefficient (Wildman–Crippen LogP) is 4.98. The number of benzene rings is 1. The minimum Gasteiger partial charge on any atom is -0.495 e. The van der Waals surface area contributed by atoms with Gasteiger partial charge in [0.05, 0.1) is 41.5 Å². The molecule has 9 heteroatoms. The van der Waals surface area contributed by atoms with E-state index in [1.54, 1.807) is 26.5 Å². The van der Waals surface area contributed by atoms with Gasteiger partial charge in [0.1, 0.15) is 23.1 Å². The highest BCUT2D eigenvalue weighted by atomic mass is 35.5. The summed E-state index contributed by atoms with van der Waals surface area (Å²) in [5.41, 5.74) is 7.53. The molecular weight excluding hydrogens is 437 g/mol. The molecule has 1 aromatic carbocycles. The number of rotatable bonds is 4. The SMILES string of the molecule is COc1cc(OC)c(Cl)c(-c2nc(N3CC4(CCCC4)C3)c3cc(N)ncc3n2)c1Cl. The van der Waals surface area contributed by atoms with Crippen molar-refractivity contribution < 1.29 is 9.47 Å². The molecule has 7 nitrogen and oxygen atoms in total. The van der Waals surface area contributed by atoms with Crippen LogP contribution in [-0.4, -0.2) is 42.3 Å². The zero-order chi connectivity index (χ0) is 21.8. The Hall–Kier alpha value is -2.51. The van der Waals surface area contributed by atoms with Gasteiger partial charge >= 0.3 is 0 Å². The monoisotopic (exact) mass is 459 g/mol. The van der Waals surface area contributed by atoms with Crippen molar-refractivity contribution in [1.82, 2.24) is 15.0 Å². The van der Waals surface area contributed by atoms with Crippen molar-refractivity contribution in [2.75, 3.05) is 37.9 Å². The van der Waals surface area contributed by atoms with Crippen molar-refractivity contribution in [2.45, 2.75) is 25.7 Å². The average molecular weight is 460 g/mol. The van der Waals surface area contributed by atoms with Crippen LogP contribution in [0.5, 0.6) is 11.5 Å². The lowest BCUT2D eigenvalue weighted by Crippen LogP contribution is -2.55. The zero-order valence-electron chi connectivity index (χ0n) is 17.4. The van der Waals surface area contributed by atoms with Crippen LogP contribution in [0.15, 0.2) is 18.3 Å². The number of fused-ring (bicyclic) bond motifs is 1. The fourth-order valence-corrected chi connectivity index (χ4v) is 5.49. The molecule has 1 saturated carbocycles. The minimum absolute atomic E-state index is 0.331. The number of anilines is 2. The summed E-state index contributed by atoms with van der Waals surface area (Å²) in [5, 5.41) is 1.53. The number of nitrogens with two attached hydrogens (primary N) is 1. The van der Waals surface area contributed by atoms with Gasteiger partial charge in [-0.15, -0.1) is 0 Å². The molecule has 31 heavy (non-hydrogen) atoms. The quantitative estimate of drug-likeness (QED) is 0.588. The van der Waals surface area contributed by atoms with E-state index in [4.69, 9.17) is 48.4 Å². The Morgan fingerprint density at radius 3 is 2.26 bits per heavy atom. The second kappa shape index (κ2) is 7.57. The summed E-state index contributed by atoms with van der Waals surface area (Å²) >= 11 is 13.3. The number of nitrogen functional groups attached to an aromatic ring is 1. The van der Waals surface area contributed by atoms with E-state index in [2.05, 4.69) is 9.88 Å². The van der Waals surface area contributed by atoms with Crippen molar-refractivity contribution >= 4 is 45.7 Å². The third kappa shape index (κ3) is 3.31. The lowest BCUT2D eigenvalue weighted by Gasteiger charge is -2.49. The van der Waals surface area contributed by atoms with Crippen LogP contribution in [0, 0.1) is 5.41 Å². The molecular formula is C22H23Cl2N5O2. The van der Waals surface area contributed by atoms with Crippen molar-refractivity contribution in [3.8, 4) is 22.9 Å². The Kier molecular flexibility index (Phi) is 4.98. The topological polar surface area (TPSA) is 86.4 Å². The molecule has 0 atom stereocenters. The van der Waals surface area contributed by atoms with Gasteiger partial charge in [0.15, 0.2) is 5.82 Å². The molecule has 0 bridgehead atoms. The molecule has 1 spiro atoms. The molecule has 0 amide bonds. The molecule has 1 aliphatic carbocycles. The maximum Gasteiger partial charge on any atom is 0.165 e. The zero-order valence-corrected chi connectivity index (χ0v) is 18.9. The summed E-state index contributed by atoms with van der Waals surface area (Å²) in [6.45, 7) is 1.95. The van der Waals surface area contributed by atoms with Crippen LogP contribution in [0.1, 0.15) is 25.7 Å². The van der Waals surface area contributed by atoms with Gasteiger partial charge < -0.3 is 20.1 Å². The molecule has 0 unspecified atom stereocenters. The van der Waals surface area contributed by atoms with Crippen molar-refractivity contribution in [2.24, 2.45) is 5.41 Å². The molecule has 2 fully saturated rings. The molecule has 0 radical (unpaired) electrons. The lowest BCUT2D eigenvalue weighted by molar-refractivity contribution is 0.221. The summed E-state index contributed by atoms with van der Waals surface area (Å²) in [6, 6.07) is 3.47. The largest absolute Gasteiger partial charge is 0.495 e. The van der Waals surface area contributed by atoms with Crippen LogP contribution in [0.3, 0.4) is 0 Å². The molecule has 2 N–H and O–H groups in total. The van der Waals surface area contributed by atoms with Gasteiger partial charge in [-0.25, -0.2) is 15.0 Å². The normalized spacial score (nSPS) is 17.2. The van der Waals surface area contributed by atoms with E-state index in [0.29, 0.717) is 49.7 Å². The minimum atomic E-state index is 0.331. The summed E-state index contributed by atoms with van der Waals surface area (Å²) in [5.74, 6) is 2.52. The highest BCUT2D eigenvalue weighted by molar-refractivity contribution is 6.41. The summed E-state index contributed by atoms with van der Waals surface area (Å²) < 4.78 is 10.8. The molecule has 3 aromatic rings. The number of aromatic nitrogens is 3. The first-order chi connectivity index (χ1) is 14.9. The predicted molar refractivity (Wildman–Crippen MR) is 123 cm³/mol. The molecule has 1 saturated heterocycles. The Morgan fingerprint density at radius 2 is 1.65 bits per heavy atom. The number of halogens is 2. The fraction of sp³-hybridized carbons (Fsp3) is 0.409. The maximum atomic E-state index is 6.64. The Morgan fingerprint density at radius 1 is 1.00 bits per heavy atom. The van der Waals surface area contributed by atoms with Crippen LogP contribution >= 0.6 is 23.2 Å². The maximum absolute atomic E-state index is 6.64. The van der Waals surface area contributed by atoms with Crippen molar-refractivity contribution in [3.63, 3.8) is 0 Å². The van der Waals surface area contributed by atoms with E-state index in [0.717, 1.165) is 24.3 Å². The van der Waals surface area contributed by atoms with Crippen LogP contribution in [-0.2, 0) is 0 Å². The highest BCUT2D eigenvalue weighted by Crippen LogP contribution is 2.49. The molecule has 162 valence electrons. The van der Waals surface area contributed by atoms with Gasteiger partial charge in [0.25, 0.3) is 0 Å². The van der Waals surface area contributed by atoms with Gasteiger partial charge in [-0.1, -0.05) is 36.0 Å². The molecule has 2 aromatic heterocycles. The highest BCUT2D eigenvalue weighted by Gasteiger charge is 2.45. The summed E-state index contributed by atoms with van der Waals surface area (Å²) in [7, 11) is 3.08. The standard InChI is InChI=1S/C22H23Cl2N5O2/c1-30-14-8-15(31-2)19(24)17(18(14)23)20-27-13-9-26-16(25)7-12(13)21(28-20)29-10-22(11-29)5-3-4-6-22/h7-9H,3-6,10-11H2,1-2H3,(H2,25,26). The van der Waals surface area contributed by atoms with Crippen LogP contribution in [0.2, 0.25) is 10.0 Å². The first-order valence-electron chi connectivity index (χ1n) is 10.2. The first-order valence-corrected chi connectivity index (χ1v) is 11.0. The fourth-order valence-electron chi connectivity index (χ4n) is 4.82. The van der Waals surface area contributed by atoms with Gasteiger partial charge in [-0.2, -0.15) is 0 Å². The molecule has 3 heterocycles. The van der Waals surface area contributed by atoms with Gasteiger partial charge in [-0.3, -0.25) is 0 Å². The summed E-state index contributed by atoms with van der Waals surface area (Å²) in [4.78, 5) is 16.1. The van der Waals surface area contributed by atoms with E-state index in [-0.39, 0.29) is 0 Å². The number of hydrogen-bond acceptors (Lipinski definition) is 7. The lowest BCUT2D eigenvalue weighted by atomic mass is 9.78. The molecule has 2 aliphatic rings. The second-order valence-electron chi connectivity index (χ2n) is 8.34. The number of methoxy groups -OCH3 is 2. The van der Waals surface area contributed by atoms with E-state index in [9.17, 15) is 0 Å².